The van der Waals surface area contributed by atoms with Crippen molar-refractivity contribution in [3.63, 3.8) is 0 Å². The van der Waals surface area contributed by atoms with E-state index in [2.05, 4.69) is 0 Å². The number of hydrogen-bond donors (Lipinski definition) is 4. The molecule has 0 amide bonds. The van der Waals surface area contributed by atoms with Crippen molar-refractivity contribution in [1.29, 1.82) is 0 Å². The first-order valence-corrected chi connectivity index (χ1v) is 20.8. The zero-order valence-electron chi connectivity index (χ0n) is 33.3. The normalized spacial score (nSPS) is 11.2. The van der Waals surface area contributed by atoms with Gasteiger partial charge in [0.05, 0.1) is 9.79 Å². The average molecular weight is 827 g/mol. The topological polar surface area (TPSA) is 175 Å². The third-order valence-electron chi connectivity index (χ3n) is 10.00. The molecule has 8 aromatic rings. The van der Waals surface area contributed by atoms with Crippen molar-refractivity contribution in [2.75, 3.05) is 22.9 Å². The van der Waals surface area contributed by atoms with Gasteiger partial charge in [-0.1, -0.05) is 24.3 Å². The van der Waals surface area contributed by atoms with Gasteiger partial charge in [-0.3, -0.25) is 0 Å². The van der Waals surface area contributed by atoms with Crippen LogP contribution >= 0.6 is 0 Å². The van der Waals surface area contributed by atoms with Gasteiger partial charge in [0.15, 0.2) is 0 Å². The van der Waals surface area contributed by atoms with E-state index in [1.165, 1.54) is 0 Å². The maximum atomic E-state index is 15.2. The van der Waals surface area contributed by atoms with Crippen LogP contribution in [0.25, 0.3) is 22.3 Å². The van der Waals surface area contributed by atoms with E-state index in [0.717, 1.165) is 11.1 Å². The van der Waals surface area contributed by atoms with Crippen LogP contribution < -0.4 is 41.9 Å². The number of anilines is 4. The second-order valence-corrected chi connectivity index (χ2v) is 16.3. The van der Waals surface area contributed by atoms with Crippen LogP contribution in [0, 0.1) is 13.8 Å². The highest BCUT2D eigenvalue weighted by atomic mass is 32.2. The zero-order chi connectivity index (χ0) is 42.7. The predicted octanol–water partition coefficient (Wildman–Crippen LogP) is 12.0. The van der Waals surface area contributed by atoms with Gasteiger partial charge in [0.2, 0.25) is 9.84 Å². The van der Waals surface area contributed by atoms with Crippen LogP contribution in [0.5, 0.6) is 46.0 Å². The van der Waals surface area contributed by atoms with E-state index < -0.39 is 9.84 Å². The molecule has 8 aromatic carbocycles. The fraction of sp³-hybridized carbons (Fsp3) is 0.0400. The molecule has 304 valence electrons. The molecular formula is C50H42N4O6S. The van der Waals surface area contributed by atoms with E-state index in [-0.39, 0.29) is 9.79 Å². The lowest BCUT2D eigenvalue weighted by Crippen LogP contribution is -2.07. The summed E-state index contributed by atoms with van der Waals surface area (Å²) in [6.07, 6.45) is 0. The highest BCUT2D eigenvalue weighted by molar-refractivity contribution is 7.91. The summed E-state index contributed by atoms with van der Waals surface area (Å²) in [5, 5.41) is 0. The Morgan fingerprint density at radius 3 is 0.967 bits per heavy atom. The van der Waals surface area contributed by atoms with Crippen molar-refractivity contribution in [3.05, 3.63) is 181 Å². The van der Waals surface area contributed by atoms with Crippen molar-refractivity contribution in [2.24, 2.45) is 0 Å². The molecule has 61 heavy (non-hydrogen) atoms. The molecule has 0 fully saturated rings. The van der Waals surface area contributed by atoms with Crippen LogP contribution in [0.4, 0.5) is 22.7 Å². The van der Waals surface area contributed by atoms with Crippen molar-refractivity contribution in [1.82, 2.24) is 0 Å². The van der Waals surface area contributed by atoms with Crippen molar-refractivity contribution in [2.45, 2.75) is 23.6 Å². The van der Waals surface area contributed by atoms with Crippen molar-refractivity contribution < 1.29 is 27.4 Å². The largest absolute Gasteiger partial charge is 0.457 e. The van der Waals surface area contributed by atoms with Gasteiger partial charge in [-0.15, -0.1) is 0 Å². The Morgan fingerprint density at radius 1 is 0.344 bits per heavy atom. The molecule has 0 saturated carbocycles. The number of sulfone groups is 1. The van der Waals surface area contributed by atoms with Gasteiger partial charge >= 0.3 is 0 Å². The second kappa shape index (κ2) is 16.8. The molecule has 0 aliphatic heterocycles. The Labute approximate surface area is 354 Å². The molecule has 8 rings (SSSR count). The summed E-state index contributed by atoms with van der Waals surface area (Å²) in [4.78, 5) is 0.126. The van der Waals surface area contributed by atoms with Crippen molar-refractivity contribution in [3.8, 4) is 68.2 Å². The number of hydrogen-bond acceptors (Lipinski definition) is 10. The van der Waals surface area contributed by atoms with Crippen molar-refractivity contribution >= 4 is 32.6 Å². The van der Waals surface area contributed by atoms with E-state index in [9.17, 15) is 0 Å². The SMILES string of the molecule is Cc1cc(Oc2ccc(S(=O)(=O)c3ccc(Oc4ccc(N)c(C)c4)cc3-c3ccc(Oc4ccc(N)cc4)cc3)c(-c3ccc(Oc4ccc(N)cc4)cc3)c2)ccc1N. The molecule has 0 bridgehead atoms. The molecule has 0 unspecified atom stereocenters. The molecule has 0 atom stereocenters. The molecule has 8 N–H and O–H groups in total. The first-order valence-electron chi connectivity index (χ1n) is 19.3. The summed E-state index contributed by atoms with van der Waals surface area (Å²) < 4.78 is 55.1. The maximum absolute atomic E-state index is 15.2. The Balaban J connectivity index is 1.21. The Kier molecular flexibility index (Phi) is 11.0. The summed E-state index contributed by atoms with van der Waals surface area (Å²) in [6, 6.07) is 49.1. The summed E-state index contributed by atoms with van der Waals surface area (Å²) in [6.45, 7) is 3.78. The third-order valence-corrected chi connectivity index (χ3v) is 11.9. The summed E-state index contributed by atoms with van der Waals surface area (Å²) in [5.74, 6) is 4.30. The highest BCUT2D eigenvalue weighted by Crippen LogP contribution is 2.42. The zero-order valence-corrected chi connectivity index (χ0v) is 34.1. The minimum absolute atomic E-state index is 0.0629. The Hall–Kier alpha value is -7.89. The summed E-state index contributed by atoms with van der Waals surface area (Å²) in [7, 11) is -4.26. The molecule has 10 nitrogen and oxygen atoms in total. The van der Waals surface area contributed by atoms with Gasteiger partial charge in [0.1, 0.15) is 46.0 Å². The third kappa shape index (κ3) is 9.07. The van der Waals surface area contributed by atoms with Gasteiger partial charge in [0, 0.05) is 33.9 Å². The number of benzene rings is 8. The molecule has 0 heterocycles. The maximum Gasteiger partial charge on any atom is 0.207 e. The smallest absolute Gasteiger partial charge is 0.207 e. The van der Waals surface area contributed by atoms with Crippen LogP contribution in [0.3, 0.4) is 0 Å². The van der Waals surface area contributed by atoms with E-state index in [1.54, 1.807) is 133 Å². The highest BCUT2D eigenvalue weighted by Gasteiger charge is 2.27. The molecule has 0 radical (unpaired) electrons. The standard InChI is InChI=1S/C50H42N4O6S/c1-31-27-41(19-23-47(31)53)59-43-21-25-49(45(29-43)33-3-11-37(12-4-33)57-39-15-7-35(51)8-16-39)61(55,56)50-26-22-44(60-42-20-24-48(54)32(2)28-42)30-46(50)34-5-13-38(14-6-34)58-40-17-9-36(52)10-18-40/h3-30H,51-54H2,1-2H3. The fourth-order valence-electron chi connectivity index (χ4n) is 6.63. The lowest BCUT2D eigenvalue weighted by atomic mass is 10.0. The van der Waals surface area contributed by atoms with Gasteiger partial charge in [-0.2, -0.15) is 0 Å². The summed E-state index contributed by atoms with van der Waals surface area (Å²) >= 11 is 0. The van der Waals surface area contributed by atoms with Crippen LogP contribution in [0.15, 0.2) is 180 Å². The molecule has 0 aliphatic rings. The molecule has 0 spiro atoms. The molecular weight excluding hydrogens is 785 g/mol. The van der Waals surface area contributed by atoms with E-state index in [4.69, 9.17) is 41.9 Å². The first kappa shape index (κ1) is 39.9. The van der Waals surface area contributed by atoms with Gasteiger partial charge < -0.3 is 41.9 Å². The second-order valence-electron chi connectivity index (χ2n) is 14.5. The Morgan fingerprint density at radius 2 is 0.623 bits per heavy atom. The molecule has 0 saturated heterocycles. The van der Waals surface area contributed by atoms with E-state index >= 15 is 8.42 Å². The van der Waals surface area contributed by atoms with Gasteiger partial charge in [0.25, 0.3) is 0 Å². The van der Waals surface area contributed by atoms with Crippen LogP contribution in [0.1, 0.15) is 11.1 Å². The average Bonchev–Trinajstić information content (AvgIpc) is 3.25. The van der Waals surface area contributed by atoms with Crippen LogP contribution in [-0.2, 0) is 9.84 Å². The van der Waals surface area contributed by atoms with Gasteiger partial charge in [-0.05, 0) is 182 Å². The van der Waals surface area contributed by atoms with Crippen LogP contribution in [0.2, 0.25) is 0 Å². The van der Waals surface area contributed by atoms with Gasteiger partial charge in [-0.25, -0.2) is 8.42 Å². The van der Waals surface area contributed by atoms with E-state index in [0.29, 0.717) is 91.0 Å². The Bertz CT molecular complexity index is 2780. The predicted molar refractivity (Wildman–Crippen MR) is 242 cm³/mol. The molecule has 0 aromatic heterocycles. The number of aryl methyl sites for hydroxylation is 2. The number of nitrogens with two attached hydrogens (primary N) is 4. The minimum atomic E-state index is -4.26. The van der Waals surface area contributed by atoms with Crippen LogP contribution in [-0.4, -0.2) is 8.42 Å². The molecule has 0 aliphatic carbocycles. The van der Waals surface area contributed by atoms with E-state index in [1.807, 2.05) is 50.2 Å². The number of nitrogen functional groups attached to an aromatic ring is 4. The molecule has 11 heteroatoms. The lowest BCUT2D eigenvalue weighted by molar-refractivity contribution is 0.481. The summed E-state index contributed by atoms with van der Waals surface area (Å²) in [5.41, 5.74) is 30.1. The fourth-order valence-corrected chi connectivity index (χ4v) is 8.29. The monoisotopic (exact) mass is 826 g/mol. The number of ether oxygens (including phenoxy) is 4. The minimum Gasteiger partial charge on any atom is -0.457 e. The first-order chi connectivity index (χ1) is 29.4. The lowest BCUT2D eigenvalue weighted by Gasteiger charge is -2.18. The number of rotatable bonds is 12. The quantitative estimate of drug-likeness (QED) is 0.0867.